The van der Waals surface area contributed by atoms with Gasteiger partial charge >= 0.3 is 0 Å². The molecule has 5 rings (SSSR count). The number of aromatic amines is 1. The van der Waals surface area contributed by atoms with E-state index in [1.165, 1.54) is 23.9 Å². The molecule has 6 heteroatoms. The Labute approximate surface area is 201 Å². The minimum absolute atomic E-state index is 0.165. The highest BCUT2D eigenvalue weighted by molar-refractivity contribution is 5.89. The molecular weight excluding hydrogens is 430 g/mol. The Morgan fingerprint density at radius 1 is 1.24 bits per heavy atom. The lowest BCUT2D eigenvalue weighted by molar-refractivity contribution is -0.295. The third-order valence-corrected chi connectivity index (χ3v) is 9.46. The molecule has 34 heavy (non-hydrogen) atoms. The number of ether oxygens (including phenoxy) is 2. The van der Waals surface area contributed by atoms with Crippen molar-refractivity contribution < 1.29 is 24.5 Å². The number of hydrogen-bond acceptors (Lipinski definition) is 5. The van der Waals surface area contributed by atoms with E-state index < -0.39 is 28.3 Å². The number of ketones is 1. The largest absolute Gasteiger partial charge is 0.390 e. The molecule has 6 atom stereocenters. The molecule has 0 saturated heterocycles. The normalized spacial score (nSPS) is 40.4. The molecule has 0 radical (unpaired) electrons. The zero-order valence-corrected chi connectivity index (χ0v) is 21.1. The molecule has 3 aliphatic rings. The van der Waals surface area contributed by atoms with Crippen LogP contribution in [0.2, 0.25) is 0 Å². The number of fused-ring (bicyclic) bond motifs is 7. The van der Waals surface area contributed by atoms with Gasteiger partial charge in [-0.1, -0.05) is 32.0 Å². The Balaban J connectivity index is 1.76. The van der Waals surface area contributed by atoms with Crippen LogP contribution in [0, 0.1) is 11.3 Å². The quantitative estimate of drug-likeness (QED) is 0.464. The van der Waals surface area contributed by atoms with Crippen LogP contribution in [0.5, 0.6) is 0 Å². The van der Waals surface area contributed by atoms with Gasteiger partial charge in [0.2, 0.25) is 0 Å². The number of aliphatic hydroxyl groups excluding tert-OH is 1. The van der Waals surface area contributed by atoms with Crippen molar-refractivity contribution in [3.8, 4) is 0 Å². The van der Waals surface area contributed by atoms with Crippen molar-refractivity contribution in [2.45, 2.75) is 89.3 Å². The number of carbonyl (C=O) groups is 1. The van der Waals surface area contributed by atoms with Crippen LogP contribution >= 0.6 is 0 Å². The lowest BCUT2D eigenvalue weighted by Gasteiger charge is -2.67. The zero-order valence-electron chi connectivity index (χ0n) is 21.1. The Bertz CT molecular complexity index is 1180. The summed E-state index contributed by atoms with van der Waals surface area (Å²) in [6.07, 6.45) is 2.51. The molecular formula is C28H37NO5. The van der Waals surface area contributed by atoms with E-state index in [2.05, 4.69) is 37.0 Å². The first kappa shape index (κ1) is 23.7. The molecule has 2 saturated carbocycles. The van der Waals surface area contributed by atoms with Crippen molar-refractivity contribution in [2.24, 2.45) is 11.3 Å². The molecule has 1 heterocycles. The average Bonchev–Trinajstić information content (AvgIpc) is 3.28. The molecule has 6 nitrogen and oxygen atoms in total. The Kier molecular flexibility index (Phi) is 5.24. The van der Waals surface area contributed by atoms with Crippen molar-refractivity contribution in [2.75, 3.05) is 7.11 Å². The van der Waals surface area contributed by atoms with Crippen LogP contribution < -0.4 is 0 Å². The SMILES string of the molecule is CO[C@]1(OC(C)C)CC[C@]2(C)[C@@]3(C)c4[nH]c5ccccc5c4C[C@@H]3C[C@H](O)[C@@]2(O)/C1=C/C(C)=O. The van der Waals surface area contributed by atoms with Gasteiger partial charge in [0.1, 0.15) is 5.60 Å². The van der Waals surface area contributed by atoms with E-state index in [1.807, 2.05) is 19.9 Å². The monoisotopic (exact) mass is 467 g/mol. The van der Waals surface area contributed by atoms with E-state index in [0.717, 1.165) is 17.6 Å². The third-order valence-electron chi connectivity index (χ3n) is 9.46. The average molecular weight is 468 g/mol. The van der Waals surface area contributed by atoms with Gasteiger partial charge in [0, 0.05) is 46.5 Å². The number of carbonyl (C=O) groups excluding carboxylic acids is 1. The number of benzene rings is 1. The van der Waals surface area contributed by atoms with Gasteiger partial charge in [-0.2, -0.15) is 0 Å². The van der Waals surface area contributed by atoms with E-state index >= 15 is 0 Å². The van der Waals surface area contributed by atoms with Crippen LogP contribution in [0.25, 0.3) is 10.9 Å². The predicted octanol–water partition coefficient (Wildman–Crippen LogP) is 4.18. The Hall–Kier alpha value is -1.99. The first-order chi connectivity index (χ1) is 15.9. The highest BCUT2D eigenvalue weighted by Gasteiger charge is 2.74. The van der Waals surface area contributed by atoms with Gasteiger partial charge in [-0.15, -0.1) is 0 Å². The second kappa shape index (κ2) is 7.50. The van der Waals surface area contributed by atoms with E-state index in [1.54, 1.807) is 7.11 Å². The minimum Gasteiger partial charge on any atom is -0.390 e. The first-order valence-electron chi connectivity index (χ1n) is 12.4. The summed E-state index contributed by atoms with van der Waals surface area (Å²) in [5, 5.41) is 25.5. The smallest absolute Gasteiger partial charge is 0.194 e. The number of allylic oxidation sites excluding steroid dienone is 1. The number of H-pyrrole nitrogens is 1. The van der Waals surface area contributed by atoms with Crippen molar-refractivity contribution in [3.63, 3.8) is 0 Å². The minimum atomic E-state index is -1.70. The predicted molar refractivity (Wildman–Crippen MR) is 130 cm³/mol. The van der Waals surface area contributed by atoms with Crippen molar-refractivity contribution in [1.29, 1.82) is 0 Å². The maximum absolute atomic E-state index is 12.7. The number of aromatic nitrogens is 1. The molecule has 0 aliphatic heterocycles. The lowest BCUT2D eigenvalue weighted by Crippen LogP contribution is -2.74. The summed E-state index contributed by atoms with van der Waals surface area (Å²) in [7, 11) is 1.55. The molecule has 1 aromatic carbocycles. The van der Waals surface area contributed by atoms with Gasteiger partial charge in [0.05, 0.1) is 12.2 Å². The van der Waals surface area contributed by atoms with Crippen LogP contribution in [0.1, 0.15) is 65.1 Å². The molecule has 3 N–H and O–H groups in total. The maximum atomic E-state index is 12.7. The highest BCUT2D eigenvalue weighted by Crippen LogP contribution is 2.70. The van der Waals surface area contributed by atoms with Gasteiger partial charge in [0.15, 0.2) is 11.6 Å². The molecule has 0 spiro atoms. The lowest BCUT2D eigenvalue weighted by atomic mass is 9.41. The highest BCUT2D eigenvalue weighted by atomic mass is 16.7. The van der Waals surface area contributed by atoms with E-state index in [4.69, 9.17) is 9.47 Å². The van der Waals surface area contributed by atoms with E-state index in [0.29, 0.717) is 24.8 Å². The summed E-state index contributed by atoms with van der Waals surface area (Å²) >= 11 is 0. The first-order valence-corrected chi connectivity index (χ1v) is 12.4. The summed E-state index contributed by atoms with van der Waals surface area (Å²) in [4.78, 5) is 16.2. The molecule has 184 valence electrons. The summed E-state index contributed by atoms with van der Waals surface area (Å²) in [6.45, 7) is 9.58. The summed E-state index contributed by atoms with van der Waals surface area (Å²) in [6, 6.07) is 8.32. The van der Waals surface area contributed by atoms with Gasteiger partial charge in [-0.25, -0.2) is 0 Å². The van der Waals surface area contributed by atoms with Crippen molar-refractivity contribution in [1.82, 2.24) is 4.98 Å². The van der Waals surface area contributed by atoms with Crippen LogP contribution in [-0.4, -0.2) is 51.7 Å². The number of para-hydroxylation sites is 1. The molecule has 1 aromatic heterocycles. The fourth-order valence-corrected chi connectivity index (χ4v) is 7.71. The summed E-state index contributed by atoms with van der Waals surface area (Å²) in [5.74, 6) is -1.32. The summed E-state index contributed by atoms with van der Waals surface area (Å²) in [5.41, 5.74) is 0.945. The second-order valence-electron chi connectivity index (χ2n) is 11.3. The number of rotatable bonds is 4. The van der Waals surface area contributed by atoms with Crippen LogP contribution in [0.3, 0.4) is 0 Å². The fraction of sp³-hybridized carbons (Fsp3) is 0.607. The third kappa shape index (κ3) is 2.74. The summed E-state index contributed by atoms with van der Waals surface area (Å²) < 4.78 is 12.2. The second-order valence-corrected chi connectivity index (χ2v) is 11.3. The Morgan fingerprint density at radius 3 is 2.59 bits per heavy atom. The van der Waals surface area contributed by atoms with Gasteiger partial charge < -0.3 is 24.7 Å². The fourth-order valence-electron chi connectivity index (χ4n) is 7.71. The standard InChI is InChI=1S/C28H37NO5/c1-16(2)34-27(33-6)12-11-25(4)26(5)18(15-23(31)28(25,32)22(27)13-17(3)30)14-20-19-9-7-8-10-21(19)29-24(20)26/h7-10,13,16,18,23,29,31-32H,11-12,14-15H2,1-6H3/b22-13+/t18-,23+,25-,26-,27+,28+/m1/s1. The molecule has 2 aromatic rings. The zero-order chi connectivity index (χ0) is 24.7. The number of hydrogen-bond donors (Lipinski definition) is 3. The molecule has 2 fully saturated rings. The molecule has 0 bridgehead atoms. The number of methoxy groups -OCH3 is 1. The van der Waals surface area contributed by atoms with Gasteiger partial charge in [-0.3, -0.25) is 4.79 Å². The Morgan fingerprint density at radius 2 is 1.94 bits per heavy atom. The maximum Gasteiger partial charge on any atom is 0.194 e. The molecule has 0 unspecified atom stereocenters. The number of aliphatic hydroxyl groups is 2. The number of nitrogens with one attached hydrogen (secondary N) is 1. The van der Waals surface area contributed by atoms with Crippen molar-refractivity contribution >= 4 is 16.7 Å². The van der Waals surface area contributed by atoms with E-state index in [-0.39, 0.29) is 17.8 Å². The molecule has 0 amide bonds. The van der Waals surface area contributed by atoms with E-state index in [9.17, 15) is 15.0 Å². The van der Waals surface area contributed by atoms with Crippen LogP contribution in [0.4, 0.5) is 0 Å². The molecule has 3 aliphatic carbocycles. The van der Waals surface area contributed by atoms with Crippen LogP contribution in [-0.2, 0) is 26.1 Å². The van der Waals surface area contributed by atoms with Crippen LogP contribution in [0.15, 0.2) is 35.9 Å². The van der Waals surface area contributed by atoms with Gasteiger partial charge in [-0.05, 0) is 63.7 Å². The van der Waals surface area contributed by atoms with Gasteiger partial charge in [0.25, 0.3) is 0 Å². The topological polar surface area (TPSA) is 91.8 Å². The van der Waals surface area contributed by atoms with Crippen molar-refractivity contribution in [3.05, 3.63) is 47.2 Å².